The number of nitrogens with one attached hydrogen (secondary N) is 1. The van der Waals surface area contributed by atoms with Crippen molar-refractivity contribution in [2.45, 2.75) is 12.8 Å². The molecule has 0 rings (SSSR count). The predicted molar refractivity (Wildman–Crippen MR) is 39.5 cm³/mol. The Balaban J connectivity index is 2.96. The Morgan fingerprint density at radius 2 is 2.40 bits per heavy atom. The molecule has 0 saturated carbocycles. The summed E-state index contributed by atoms with van der Waals surface area (Å²) in [5, 5.41) is 2.69. The quantitative estimate of drug-likeness (QED) is 0.566. The van der Waals surface area contributed by atoms with E-state index in [2.05, 4.69) is 12.2 Å². The van der Waals surface area contributed by atoms with Crippen LogP contribution in [-0.4, -0.2) is 26.2 Å². The summed E-state index contributed by atoms with van der Waals surface area (Å²) >= 11 is 0. The highest BCUT2D eigenvalue weighted by molar-refractivity contribution is 5.76. The SMILES string of the molecule is [CH2]CC(=O)NCCCOC. The first-order valence-electron chi connectivity index (χ1n) is 3.36. The first-order chi connectivity index (χ1) is 4.81. The molecule has 1 radical (unpaired) electrons. The highest BCUT2D eigenvalue weighted by atomic mass is 16.5. The number of hydrogen-bond acceptors (Lipinski definition) is 2. The number of carbonyl (C=O) groups excluding carboxylic acids is 1. The van der Waals surface area contributed by atoms with Gasteiger partial charge in [0.05, 0.1) is 0 Å². The van der Waals surface area contributed by atoms with Crippen LogP contribution in [0.25, 0.3) is 0 Å². The number of hydrogen-bond donors (Lipinski definition) is 1. The second kappa shape index (κ2) is 6.55. The molecule has 1 amide bonds. The van der Waals surface area contributed by atoms with Crippen LogP contribution in [0.4, 0.5) is 0 Å². The largest absolute Gasteiger partial charge is 0.385 e. The Hall–Kier alpha value is -0.570. The minimum absolute atomic E-state index is 0.00361. The molecule has 0 heterocycles. The molecule has 0 aliphatic carbocycles. The summed E-state index contributed by atoms with van der Waals surface area (Å²) in [5.41, 5.74) is 0. The number of methoxy groups -OCH3 is 1. The van der Waals surface area contributed by atoms with Crippen molar-refractivity contribution >= 4 is 5.91 Å². The van der Waals surface area contributed by atoms with Gasteiger partial charge in [-0.25, -0.2) is 0 Å². The van der Waals surface area contributed by atoms with Gasteiger partial charge >= 0.3 is 0 Å². The lowest BCUT2D eigenvalue weighted by molar-refractivity contribution is -0.120. The fourth-order valence-electron chi connectivity index (χ4n) is 0.533. The van der Waals surface area contributed by atoms with Crippen molar-refractivity contribution in [1.82, 2.24) is 5.32 Å². The van der Waals surface area contributed by atoms with Crippen LogP contribution in [0.3, 0.4) is 0 Å². The van der Waals surface area contributed by atoms with Crippen LogP contribution in [0.1, 0.15) is 12.8 Å². The second-order valence-electron chi connectivity index (χ2n) is 1.95. The summed E-state index contributed by atoms with van der Waals surface area (Å²) < 4.78 is 4.79. The Morgan fingerprint density at radius 3 is 2.90 bits per heavy atom. The molecular formula is C7H14NO2. The van der Waals surface area contributed by atoms with Gasteiger partial charge in [-0.15, -0.1) is 0 Å². The molecule has 0 aromatic heterocycles. The Bertz CT molecular complexity index is 93.6. The van der Waals surface area contributed by atoms with Gasteiger partial charge in [-0.3, -0.25) is 4.79 Å². The van der Waals surface area contributed by atoms with E-state index in [9.17, 15) is 4.79 Å². The van der Waals surface area contributed by atoms with Crippen molar-refractivity contribution in [3.05, 3.63) is 6.92 Å². The van der Waals surface area contributed by atoms with Crippen molar-refractivity contribution in [1.29, 1.82) is 0 Å². The van der Waals surface area contributed by atoms with E-state index in [0.717, 1.165) is 6.42 Å². The molecule has 0 aliphatic rings. The Labute approximate surface area is 61.8 Å². The lowest BCUT2D eigenvalue weighted by Gasteiger charge is -2.01. The Morgan fingerprint density at radius 1 is 1.70 bits per heavy atom. The zero-order valence-corrected chi connectivity index (χ0v) is 6.35. The van der Waals surface area contributed by atoms with Crippen molar-refractivity contribution in [2.24, 2.45) is 0 Å². The third-order valence-corrected chi connectivity index (χ3v) is 1.07. The normalized spacial score (nSPS) is 9.40. The van der Waals surface area contributed by atoms with E-state index in [4.69, 9.17) is 4.74 Å². The molecule has 0 atom stereocenters. The molecule has 0 aromatic carbocycles. The summed E-state index contributed by atoms with van der Waals surface area (Å²) in [6.45, 7) is 4.82. The van der Waals surface area contributed by atoms with Gasteiger partial charge in [-0.05, 0) is 13.3 Å². The lowest BCUT2D eigenvalue weighted by Crippen LogP contribution is -2.23. The summed E-state index contributed by atoms with van der Waals surface area (Å²) in [6, 6.07) is 0. The predicted octanol–water partition coefficient (Wildman–Crippen LogP) is 0.363. The van der Waals surface area contributed by atoms with Crippen molar-refractivity contribution < 1.29 is 9.53 Å². The molecule has 0 fully saturated rings. The van der Waals surface area contributed by atoms with Crippen LogP contribution < -0.4 is 5.32 Å². The van der Waals surface area contributed by atoms with Crippen molar-refractivity contribution in [2.75, 3.05) is 20.3 Å². The molecule has 0 aromatic rings. The zero-order valence-electron chi connectivity index (χ0n) is 6.35. The summed E-state index contributed by atoms with van der Waals surface area (Å²) in [6.07, 6.45) is 1.18. The van der Waals surface area contributed by atoms with E-state index in [0.29, 0.717) is 19.6 Å². The average molecular weight is 144 g/mol. The zero-order chi connectivity index (χ0) is 7.82. The maximum Gasteiger partial charge on any atom is 0.219 e. The standard InChI is InChI=1S/C7H14NO2/c1-3-7(9)8-5-4-6-10-2/h1,3-6H2,2H3,(H,8,9). The van der Waals surface area contributed by atoms with Crippen LogP contribution in [0, 0.1) is 6.92 Å². The maximum atomic E-state index is 10.6. The van der Waals surface area contributed by atoms with Crippen LogP contribution in [0.15, 0.2) is 0 Å². The molecule has 10 heavy (non-hydrogen) atoms. The smallest absolute Gasteiger partial charge is 0.219 e. The third-order valence-electron chi connectivity index (χ3n) is 1.07. The van der Waals surface area contributed by atoms with Crippen molar-refractivity contribution in [3.63, 3.8) is 0 Å². The summed E-state index contributed by atoms with van der Waals surface area (Å²) in [7, 11) is 1.64. The first-order valence-corrected chi connectivity index (χ1v) is 3.36. The van der Waals surface area contributed by atoms with Gasteiger partial charge in [0.25, 0.3) is 0 Å². The monoisotopic (exact) mass is 144 g/mol. The van der Waals surface area contributed by atoms with Gasteiger partial charge in [0.15, 0.2) is 0 Å². The van der Waals surface area contributed by atoms with E-state index in [-0.39, 0.29) is 5.91 Å². The molecule has 59 valence electrons. The molecule has 3 nitrogen and oxygen atoms in total. The molecule has 1 N–H and O–H groups in total. The highest BCUT2D eigenvalue weighted by Crippen LogP contribution is 1.78. The third kappa shape index (κ3) is 5.56. The van der Waals surface area contributed by atoms with Gasteiger partial charge < -0.3 is 10.1 Å². The molecule has 0 spiro atoms. The van der Waals surface area contributed by atoms with Gasteiger partial charge in [0, 0.05) is 26.7 Å². The summed E-state index contributed by atoms with van der Waals surface area (Å²) in [5.74, 6) is -0.00361. The molecule has 3 heteroatoms. The van der Waals surface area contributed by atoms with Crippen LogP contribution in [0.2, 0.25) is 0 Å². The maximum absolute atomic E-state index is 10.6. The molecular weight excluding hydrogens is 130 g/mol. The average Bonchev–Trinajstić information content (AvgIpc) is 1.98. The molecule has 0 bridgehead atoms. The van der Waals surface area contributed by atoms with Crippen LogP contribution in [-0.2, 0) is 9.53 Å². The number of ether oxygens (including phenoxy) is 1. The summed E-state index contributed by atoms with van der Waals surface area (Å²) in [4.78, 5) is 10.6. The Kier molecular flexibility index (Phi) is 6.18. The van der Waals surface area contributed by atoms with Gasteiger partial charge in [-0.1, -0.05) is 0 Å². The van der Waals surface area contributed by atoms with E-state index in [1.807, 2.05) is 0 Å². The fraction of sp³-hybridized carbons (Fsp3) is 0.714. The topological polar surface area (TPSA) is 38.3 Å². The van der Waals surface area contributed by atoms with Gasteiger partial charge in [0.2, 0.25) is 5.91 Å². The van der Waals surface area contributed by atoms with E-state index in [1.165, 1.54) is 0 Å². The lowest BCUT2D eigenvalue weighted by atomic mass is 10.4. The van der Waals surface area contributed by atoms with E-state index >= 15 is 0 Å². The number of carbonyl (C=O) groups is 1. The molecule has 0 saturated heterocycles. The van der Waals surface area contributed by atoms with Crippen LogP contribution in [0.5, 0.6) is 0 Å². The van der Waals surface area contributed by atoms with Gasteiger partial charge in [-0.2, -0.15) is 0 Å². The van der Waals surface area contributed by atoms with Gasteiger partial charge in [0.1, 0.15) is 0 Å². The second-order valence-corrected chi connectivity index (χ2v) is 1.95. The van der Waals surface area contributed by atoms with Crippen LogP contribution >= 0.6 is 0 Å². The fourth-order valence-corrected chi connectivity index (χ4v) is 0.533. The van der Waals surface area contributed by atoms with Crippen molar-refractivity contribution in [3.8, 4) is 0 Å². The minimum Gasteiger partial charge on any atom is -0.385 e. The van der Waals surface area contributed by atoms with E-state index < -0.39 is 0 Å². The number of amides is 1. The number of rotatable bonds is 5. The highest BCUT2D eigenvalue weighted by Gasteiger charge is 1.93. The molecule has 0 unspecified atom stereocenters. The minimum atomic E-state index is -0.00361. The molecule has 0 aliphatic heterocycles. The van der Waals surface area contributed by atoms with E-state index in [1.54, 1.807) is 7.11 Å². The first kappa shape index (κ1) is 9.43.